The molecule has 0 aliphatic carbocycles. The van der Waals surface area contributed by atoms with E-state index in [0.29, 0.717) is 13.0 Å². The van der Waals surface area contributed by atoms with Gasteiger partial charge in [-0.3, -0.25) is 4.79 Å². The Bertz CT molecular complexity index is 231. The molecule has 15 heavy (non-hydrogen) atoms. The smallest absolute Gasteiger partial charge is 0.350 e. The van der Waals surface area contributed by atoms with Gasteiger partial charge in [0, 0.05) is 0 Å². The fraction of sp³-hybridized carbons (Fsp3) is 0.636. The van der Waals surface area contributed by atoms with Crippen LogP contribution < -0.4 is 0 Å². The van der Waals surface area contributed by atoms with Crippen LogP contribution in [0.3, 0.4) is 0 Å². The third-order valence-electron chi connectivity index (χ3n) is 1.75. The molecule has 86 valence electrons. The number of carbonyl (C=O) groups is 2. The summed E-state index contributed by atoms with van der Waals surface area (Å²) >= 11 is 0. The zero-order valence-electron chi connectivity index (χ0n) is 9.49. The first kappa shape index (κ1) is 13.7. The van der Waals surface area contributed by atoms with Crippen molar-refractivity contribution in [2.24, 2.45) is 0 Å². The van der Waals surface area contributed by atoms with Crippen LogP contribution in [0.5, 0.6) is 0 Å². The van der Waals surface area contributed by atoms with Crippen LogP contribution >= 0.6 is 0 Å². The van der Waals surface area contributed by atoms with E-state index in [0.717, 1.165) is 6.42 Å². The molecular formula is C11H18O4. The fourth-order valence-electron chi connectivity index (χ4n) is 0.846. The normalized spacial score (nSPS) is 11.4. The predicted octanol–water partition coefficient (Wildman–Crippen LogP) is 1.84. The Hall–Kier alpha value is -1.32. The Morgan fingerprint density at radius 1 is 1.33 bits per heavy atom. The molecule has 0 N–H and O–H groups in total. The lowest BCUT2D eigenvalue weighted by Crippen LogP contribution is -2.36. The molecule has 0 radical (unpaired) electrons. The van der Waals surface area contributed by atoms with Crippen LogP contribution in [0.25, 0.3) is 0 Å². The van der Waals surface area contributed by atoms with Crippen molar-refractivity contribution in [1.82, 2.24) is 0 Å². The molecule has 0 saturated heterocycles. The van der Waals surface area contributed by atoms with Gasteiger partial charge in [0.25, 0.3) is 6.47 Å². The van der Waals surface area contributed by atoms with E-state index in [9.17, 15) is 9.59 Å². The van der Waals surface area contributed by atoms with Gasteiger partial charge in [0.05, 0.1) is 6.61 Å². The molecule has 0 aromatic heterocycles. The second kappa shape index (κ2) is 7.04. The molecule has 0 aromatic carbocycles. The minimum atomic E-state index is -1.20. The van der Waals surface area contributed by atoms with Gasteiger partial charge in [-0.15, -0.1) is 0 Å². The van der Waals surface area contributed by atoms with Crippen LogP contribution in [0.15, 0.2) is 12.2 Å². The highest BCUT2D eigenvalue weighted by Crippen LogP contribution is 2.10. The van der Waals surface area contributed by atoms with Gasteiger partial charge in [-0.05, 0) is 26.7 Å². The van der Waals surface area contributed by atoms with Gasteiger partial charge in [0.15, 0.2) is 0 Å². The maximum atomic E-state index is 11.4. The lowest BCUT2D eigenvalue weighted by molar-refractivity contribution is -0.171. The lowest BCUT2D eigenvalue weighted by atomic mass is 10.1. The monoisotopic (exact) mass is 214 g/mol. The zero-order valence-corrected chi connectivity index (χ0v) is 9.49. The summed E-state index contributed by atoms with van der Waals surface area (Å²) in [6.07, 6.45) is 5.59. The Labute approximate surface area is 90.2 Å². The molecule has 4 heteroatoms. The van der Waals surface area contributed by atoms with Crippen LogP contribution in [0.1, 0.15) is 33.6 Å². The highest BCUT2D eigenvalue weighted by atomic mass is 16.6. The topological polar surface area (TPSA) is 52.6 Å². The molecule has 0 fully saturated rings. The van der Waals surface area contributed by atoms with Crippen molar-refractivity contribution in [2.45, 2.75) is 39.2 Å². The highest BCUT2D eigenvalue weighted by molar-refractivity contribution is 5.79. The molecule has 0 bridgehead atoms. The SMILES string of the molecule is CCC=CCCOC(=O)C(C)(C)OC=O. The van der Waals surface area contributed by atoms with Crippen molar-refractivity contribution in [1.29, 1.82) is 0 Å². The van der Waals surface area contributed by atoms with Gasteiger partial charge in [0.2, 0.25) is 5.60 Å². The van der Waals surface area contributed by atoms with Crippen molar-refractivity contribution in [3.8, 4) is 0 Å². The Balaban J connectivity index is 3.82. The van der Waals surface area contributed by atoms with Gasteiger partial charge in [-0.25, -0.2) is 4.79 Å². The lowest BCUT2D eigenvalue weighted by Gasteiger charge is -2.19. The van der Waals surface area contributed by atoms with Gasteiger partial charge in [-0.2, -0.15) is 0 Å². The van der Waals surface area contributed by atoms with Crippen LogP contribution in [-0.4, -0.2) is 24.6 Å². The van der Waals surface area contributed by atoms with Gasteiger partial charge >= 0.3 is 5.97 Å². The maximum Gasteiger partial charge on any atom is 0.350 e. The Morgan fingerprint density at radius 2 is 2.00 bits per heavy atom. The van der Waals surface area contributed by atoms with Crippen molar-refractivity contribution in [3.05, 3.63) is 12.2 Å². The molecule has 0 saturated carbocycles. The number of allylic oxidation sites excluding steroid dienone is 1. The molecule has 0 spiro atoms. The van der Waals surface area contributed by atoms with Crippen molar-refractivity contribution < 1.29 is 19.1 Å². The number of hydrogen-bond donors (Lipinski definition) is 0. The van der Waals surface area contributed by atoms with Crippen LogP contribution in [0.4, 0.5) is 0 Å². The number of rotatable bonds is 7. The summed E-state index contributed by atoms with van der Waals surface area (Å²) in [7, 11) is 0. The van der Waals surface area contributed by atoms with E-state index in [1.165, 1.54) is 13.8 Å². The van der Waals surface area contributed by atoms with Crippen LogP contribution in [-0.2, 0) is 19.1 Å². The van der Waals surface area contributed by atoms with Crippen molar-refractivity contribution in [3.63, 3.8) is 0 Å². The minimum absolute atomic E-state index is 0.248. The molecule has 0 rings (SSSR count). The second-order valence-electron chi connectivity index (χ2n) is 3.53. The Kier molecular flexibility index (Phi) is 6.42. The molecule has 0 aromatic rings. The summed E-state index contributed by atoms with van der Waals surface area (Å²) in [5.74, 6) is -0.528. The van der Waals surface area contributed by atoms with E-state index in [4.69, 9.17) is 4.74 Å². The third-order valence-corrected chi connectivity index (χ3v) is 1.75. The molecular weight excluding hydrogens is 196 g/mol. The summed E-state index contributed by atoms with van der Waals surface area (Å²) in [6.45, 7) is 5.57. The molecule has 0 aliphatic rings. The first-order valence-corrected chi connectivity index (χ1v) is 4.98. The first-order chi connectivity index (χ1) is 7.04. The number of carbonyl (C=O) groups excluding carboxylic acids is 2. The number of esters is 1. The molecule has 0 aliphatic heterocycles. The number of ether oxygens (including phenoxy) is 2. The van der Waals surface area contributed by atoms with Crippen LogP contribution in [0.2, 0.25) is 0 Å². The molecule has 0 amide bonds. The molecule has 0 unspecified atom stereocenters. The van der Waals surface area contributed by atoms with E-state index < -0.39 is 11.6 Å². The fourth-order valence-corrected chi connectivity index (χ4v) is 0.846. The molecule has 4 nitrogen and oxygen atoms in total. The summed E-state index contributed by atoms with van der Waals surface area (Å²) in [4.78, 5) is 21.5. The van der Waals surface area contributed by atoms with E-state index in [1.807, 2.05) is 19.1 Å². The predicted molar refractivity (Wildman–Crippen MR) is 56.2 cm³/mol. The number of hydrogen-bond acceptors (Lipinski definition) is 4. The minimum Gasteiger partial charge on any atom is -0.462 e. The standard InChI is InChI=1S/C11H18O4/c1-4-5-6-7-8-14-10(13)11(2,3)15-9-12/h5-6,9H,4,7-8H2,1-3H3. The summed E-state index contributed by atoms with van der Waals surface area (Å²) in [5.41, 5.74) is -1.20. The van der Waals surface area contributed by atoms with E-state index in [-0.39, 0.29) is 6.47 Å². The summed E-state index contributed by atoms with van der Waals surface area (Å²) in [6, 6.07) is 0. The second-order valence-corrected chi connectivity index (χ2v) is 3.53. The van der Waals surface area contributed by atoms with Crippen LogP contribution in [0, 0.1) is 0 Å². The third kappa shape index (κ3) is 5.88. The molecule has 0 heterocycles. The largest absolute Gasteiger partial charge is 0.462 e. The summed E-state index contributed by atoms with van der Waals surface area (Å²) < 4.78 is 9.53. The van der Waals surface area contributed by atoms with E-state index >= 15 is 0 Å². The summed E-state index contributed by atoms with van der Waals surface area (Å²) in [5, 5.41) is 0. The van der Waals surface area contributed by atoms with Gasteiger partial charge < -0.3 is 9.47 Å². The molecule has 0 atom stereocenters. The average Bonchev–Trinajstić information content (AvgIpc) is 2.17. The van der Waals surface area contributed by atoms with E-state index in [2.05, 4.69) is 4.74 Å². The highest BCUT2D eigenvalue weighted by Gasteiger charge is 2.30. The average molecular weight is 214 g/mol. The van der Waals surface area contributed by atoms with Gasteiger partial charge in [0.1, 0.15) is 0 Å². The van der Waals surface area contributed by atoms with E-state index in [1.54, 1.807) is 0 Å². The van der Waals surface area contributed by atoms with Crippen molar-refractivity contribution >= 4 is 12.4 Å². The maximum absolute atomic E-state index is 11.4. The zero-order chi connectivity index (χ0) is 11.7. The van der Waals surface area contributed by atoms with Gasteiger partial charge in [-0.1, -0.05) is 19.1 Å². The first-order valence-electron chi connectivity index (χ1n) is 4.98. The Morgan fingerprint density at radius 3 is 2.53 bits per heavy atom. The van der Waals surface area contributed by atoms with Crippen molar-refractivity contribution in [2.75, 3.05) is 6.61 Å². The quantitative estimate of drug-likeness (QED) is 0.281.